The fourth-order valence-electron chi connectivity index (χ4n) is 1.14. The summed E-state index contributed by atoms with van der Waals surface area (Å²) >= 11 is 3.12. The second-order valence-corrected chi connectivity index (χ2v) is 3.65. The lowest BCUT2D eigenvalue weighted by molar-refractivity contribution is 0.0710. The summed E-state index contributed by atoms with van der Waals surface area (Å²) < 4.78 is 5.64. The van der Waals surface area contributed by atoms with Crippen LogP contribution in [0.4, 0.5) is 0 Å². The van der Waals surface area contributed by atoms with E-state index in [4.69, 9.17) is 9.52 Å². The van der Waals surface area contributed by atoms with Crippen LogP contribution in [0.25, 0.3) is 0 Å². The van der Waals surface area contributed by atoms with Gasteiger partial charge in [-0.2, -0.15) is 0 Å². The number of amides is 1. The monoisotopic (exact) mass is 273 g/mol. The molecule has 4 nitrogen and oxygen atoms in total. The average molecular weight is 274 g/mol. The van der Waals surface area contributed by atoms with Gasteiger partial charge in [-0.3, -0.25) is 4.79 Å². The molecule has 0 aromatic carbocycles. The van der Waals surface area contributed by atoms with Gasteiger partial charge in [-0.1, -0.05) is 6.08 Å². The van der Waals surface area contributed by atoms with Crippen LogP contribution in [0.2, 0.25) is 0 Å². The summed E-state index contributed by atoms with van der Waals surface area (Å²) in [4.78, 5) is 13.2. The minimum Gasteiger partial charge on any atom is -0.444 e. The van der Waals surface area contributed by atoms with Crippen molar-refractivity contribution in [3.05, 3.63) is 35.2 Å². The molecule has 1 rings (SSSR count). The maximum atomic E-state index is 11.8. The number of rotatable bonds is 5. The molecule has 0 radical (unpaired) electrons. The van der Waals surface area contributed by atoms with Crippen molar-refractivity contribution in [1.29, 1.82) is 0 Å². The van der Waals surface area contributed by atoms with Gasteiger partial charge in [-0.15, -0.1) is 6.58 Å². The highest BCUT2D eigenvalue weighted by atomic mass is 79.9. The third-order valence-electron chi connectivity index (χ3n) is 1.79. The number of hydrogen-bond acceptors (Lipinski definition) is 3. The van der Waals surface area contributed by atoms with Crippen molar-refractivity contribution in [3.8, 4) is 0 Å². The van der Waals surface area contributed by atoms with Crippen LogP contribution in [0.1, 0.15) is 10.6 Å². The molecular formula is C10H12BrNO3. The summed E-state index contributed by atoms with van der Waals surface area (Å²) in [7, 11) is 0. The van der Waals surface area contributed by atoms with Crippen molar-refractivity contribution in [3.63, 3.8) is 0 Å². The first-order valence-electron chi connectivity index (χ1n) is 4.45. The number of carbonyl (C=O) groups is 1. The number of nitrogens with zero attached hydrogens (tertiary/aromatic N) is 1. The van der Waals surface area contributed by atoms with E-state index in [1.54, 1.807) is 18.2 Å². The molecular weight excluding hydrogens is 262 g/mol. The van der Waals surface area contributed by atoms with Crippen LogP contribution in [0.3, 0.4) is 0 Å². The first kappa shape index (κ1) is 12.0. The Hall–Kier alpha value is -1.07. The van der Waals surface area contributed by atoms with Crippen LogP contribution in [0.5, 0.6) is 0 Å². The van der Waals surface area contributed by atoms with E-state index >= 15 is 0 Å². The third kappa shape index (κ3) is 3.21. The highest BCUT2D eigenvalue weighted by molar-refractivity contribution is 9.10. The Morgan fingerprint density at radius 2 is 2.40 bits per heavy atom. The molecule has 0 bridgehead atoms. The summed E-state index contributed by atoms with van der Waals surface area (Å²) in [5.41, 5.74) is 0. The quantitative estimate of drug-likeness (QED) is 0.831. The first-order valence-corrected chi connectivity index (χ1v) is 5.24. The van der Waals surface area contributed by atoms with Crippen molar-refractivity contribution in [2.24, 2.45) is 0 Å². The minimum atomic E-state index is -0.255. The predicted molar refractivity (Wildman–Crippen MR) is 59.6 cm³/mol. The smallest absolute Gasteiger partial charge is 0.289 e. The van der Waals surface area contributed by atoms with Crippen LogP contribution in [-0.4, -0.2) is 35.6 Å². The zero-order chi connectivity index (χ0) is 11.3. The Kier molecular flexibility index (Phi) is 4.58. The van der Waals surface area contributed by atoms with E-state index in [9.17, 15) is 4.79 Å². The van der Waals surface area contributed by atoms with Gasteiger partial charge in [0.15, 0.2) is 10.4 Å². The SMILES string of the molecule is C=CCN(CCO)C(=O)c1ccc(Br)o1. The Balaban J connectivity index is 2.75. The fraction of sp³-hybridized carbons (Fsp3) is 0.300. The first-order chi connectivity index (χ1) is 7.19. The molecule has 1 N–H and O–H groups in total. The molecule has 15 heavy (non-hydrogen) atoms. The second-order valence-electron chi connectivity index (χ2n) is 2.87. The van der Waals surface area contributed by atoms with E-state index in [0.717, 1.165) is 0 Å². The molecule has 1 aromatic heterocycles. The Bertz CT molecular complexity index is 348. The van der Waals surface area contributed by atoms with Gasteiger partial charge in [0.1, 0.15) is 0 Å². The van der Waals surface area contributed by atoms with Crippen LogP contribution in [-0.2, 0) is 0 Å². The summed E-state index contributed by atoms with van der Waals surface area (Å²) in [5, 5.41) is 8.80. The fourth-order valence-corrected chi connectivity index (χ4v) is 1.44. The lowest BCUT2D eigenvalue weighted by Crippen LogP contribution is -2.33. The average Bonchev–Trinajstić information content (AvgIpc) is 2.63. The molecule has 0 aliphatic rings. The van der Waals surface area contributed by atoms with Gasteiger partial charge >= 0.3 is 0 Å². The van der Waals surface area contributed by atoms with Crippen molar-refractivity contribution < 1.29 is 14.3 Å². The van der Waals surface area contributed by atoms with Gasteiger partial charge in [0.25, 0.3) is 5.91 Å². The van der Waals surface area contributed by atoms with Gasteiger partial charge in [0.05, 0.1) is 6.61 Å². The Morgan fingerprint density at radius 3 is 2.87 bits per heavy atom. The number of aliphatic hydroxyl groups excluding tert-OH is 1. The predicted octanol–water partition coefficient (Wildman–Crippen LogP) is 1.66. The molecule has 0 saturated heterocycles. The molecule has 0 aliphatic heterocycles. The summed E-state index contributed by atoms with van der Waals surface area (Å²) in [5.74, 6) is -0.00757. The third-order valence-corrected chi connectivity index (χ3v) is 2.22. The highest BCUT2D eigenvalue weighted by Crippen LogP contribution is 2.15. The molecule has 1 amide bonds. The molecule has 0 spiro atoms. The van der Waals surface area contributed by atoms with Crippen molar-refractivity contribution >= 4 is 21.8 Å². The van der Waals surface area contributed by atoms with E-state index in [1.165, 1.54) is 4.90 Å². The molecule has 0 atom stereocenters. The topological polar surface area (TPSA) is 53.7 Å². The standard InChI is InChI=1S/C10H12BrNO3/c1-2-5-12(6-7-13)10(14)8-3-4-9(11)15-8/h2-4,13H,1,5-7H2. The molecule has 0 aliphatic carbocycles. The molecule has 0 unspecified atom stereocenters. The van der Waals surface area contributed by atoms with Gasteiger partial charge in [-0.25, -0.2) is 0 Å². The highest BCUT2D eigenvalue weighted by Gasteiger charge is 2.17. The van der Waals surface area contributed by atoms with Gasteiger partial charge < -0.3 is 14.4 Å². The molecule has 5 heteroatoms. The van der Waals surface area contributed by atoms with Crippen molar-refractivity contribution in [2.45, 2.75) is 0 Å². The van der Waals surface area contributed by atoms with Gasteiger partial charge in [-0.05, 0) is 28.1 Å². The zero-order valence-electron chi connectivity index (χ0n) is 8.15. The van der Waals surface area contributed by atoms with E-state index in [1.807, 2.05) is 0 Å². The summed E-state index contributed by atoms with van der Waals surface area (Å²) in [6.45, 7) is 4.12. The Morgan fingerprint density at radius 1 is 1.67 bits per heavy atom. The maximum Gasteiger partial charge on any atom is 0.289 e. The molecule has 1 heterocycles. The van der Waals surface area contributed by atoms with Crippen LogP contribution >= 0.6 is 15.9 Å². The van der Waals surface area contributed by atoms with Gasteiger partial charge in [0.2, 0.25) is 0 Å². The van der Waals surface area contributed by atoms with E-state index in [2.05, 4.69) is 22.5 Å². The zero-order valence-corrected chi connectivity index (χ0v) is 9.74. The van der Waals surface area contributed by atoms with Crippen LogP contribution in [0, 0.1) is 0 Å². The number of halogens is 1. The van der Waals surface area contributed by atoms with Crippen molar-refractivity contribution in [1.82, 2.24) is 4.90 Å². The summed E-state index contributed by atoms with van der Waals surface area (Å²) in [6.07, 6.45) is 1.60. The number of hydrogen-bond donors (Lipinski definition) is 1. The van der Waals surface area contributed by atoms with Crippen LogP contribution in [0.15, 0.2) is 33.9 Å². The van der Waals surface area contributed by atoms with Crippen molar-refractivity contribution in [2.75, 3.05) is 19.7 Å². The van der Waals surface area contributed by atoms with E-state index in [-0.39, 0.29) is 24.8 Å². The lowest BCUT2D eigenvalue weighted by Gasteiger charge is -2.18. The molecule has 82 valence electrons. The normalized spacial score (nSPS) is 10.0. The molecule has 1 aromatic rings. The van der Waals surface area contributed by atoms with Crippen LogP contribution < -0.4 is 0 Å². The lowest BCUT2D eigenvalue weighted by atomic mass is 10.3. The Labute approximate surface area is 96.3 Å². The maximum absolute atomic E-state index is 11.8. The minimum absolute atomic E-state index is 0.0819. The summed E-state index contributed by atoms with van der Waals surface area (Å²) in [6, 6.07) is 3.23. The van der Waals surface area contributed by atoms with E-state index in [0.29, 0.717) is 11.2 Å². The van der Waals surface area contributed by atoms with E-state index < -0.39 is 0 Å². The second kappa shape index (κ2) is 5.72. The number of aliphatic hydroxyl groups is 1. The largest absolute Gasteiger partial charge is 0.444 e. The van der Waals surface area contributed by atoms with Gasteiger partial charge in [0, 0.05) is 13.1 Å². The number of carbonyl (C=O) groups excluding carboxylic acids is 1. The number of furan rings is 1. The molecule has 0 saturated carbocycles. The molecule has 0 fully saturated rings.